The second-order valence-electron chi connectivity index (χ2n) is 8.37. The molecule has 11 nitrogen and oxygen atoms in total. The monoisotopic (exact) mass is 539 g/mol. The molecule has 2 heterocycles. The summed E-state index contributed by atoms with van der Waals surface area (Å²) in [5, 5.41) is 27.4. The maximum atomic E-state index is 11.9. The molecule has 0 radical (unpaired) electrons. The molecule has 1 aliphatic rings. The van der Waals surface area contributed by atoms with Crippen LogP contribution in [-0.4, -0.2) is 59.1 Å². The minimum absolute atomic E-state index is 0.0556. The van der Waals surface area contributed by atoms with Crippen LogP contribution in [0, 0.1) is 11.3 Å². The van der Waals surface area contributed by atoms with Crippen LogP contribution in [0.2, 0.25) is 0 Å². The van der Waals surface area contributed by atoms with Gasteiger partial charge in [0.15, 0.2) is 15.5 Å². The van der Waals surface area contributed by atoms with Crippen molar-refractivity contribution in [3.05, 3.63) is 47.2 Å². The smallest absolute Gasteiger partial charge is 0.475 e. The Morgan fingerprint density at radius 2 is 1.97 bits per heavy atom. The number of hydrogen-bond acceptors (Lipinski definition) is 9. The molecule has 0 unspecified atom stereocenters. The van der Waals surface area contributed by atoms with Gasteiger partial charge in [-0.05, 0) is 49.1 Å². The molecule has 2 aromatic heterocycles. The maximum absolute atomic E-state index is 11.9. The highest BCUT2D eigenvalue weighted by molar-refractivity contribution is 7.89. The van der Waals surface area contributed by atoms with E-state index in [1.54, 1.807) is 4.52 Å². The van der Waals surface area contributed by atoms with Crippen molar-refractivity contribution in [3.63, 3.8) is 0 Å². The molecule has 5 N–H and O–H groups in total. The van der Waals surface area contributed by atoms with E-state index in [1.807, 2.05) is 24.3 Å². The first-order valence-electron chi connectivity index (χ1n) is 10.9. The lowest BCUT2D eigenvalue weighted by Crippen LogP contribution is -2.21. The number of rotatable bonds is 8. The van der Waals surface area contributed by atoms with Gasteiger partial charge in [-0.25, -0.2) is 18.2 Å². The van der Waals surface area contributed by atoms with Crippen LogP contribution >= 0.6 is 0 Å². The molecule has 15 heteroatoms. The minimum Gasteiger partial charge on any atom is -0.475 e. The molecule has 0 spiro atoms. The number of nitrogens with one attached hydrogen (secondary N) is 2. The van der Waals surface area contributed by atoms with Crippen molar-refractivity contribution in [2.24, 2.45) is 5.73 Å². The number of hydrogen-bond donors (Lipinski definition) is 4. The summed E-state index contributed by atoms with van der Waals surface area (Å²) in [5.41, 5.74) is 8.85. The van der Waals surface area contributed by atoms with Crippen LogP contribution in [0.1, 0.15) is 29.5 Å². The van der Waals surface area contributed by atoms with Gasteiger partial charge in [0, 0.05) is 24.1 Å². The van der Waals surface area contributed by atoms with Crippen molar-refractivity contribution in [2.45, 2.75) is 37.2 Å². The Hall–Kier alpha value is -3.90. The van der Waals surface area contributed by atoms with Gasteiger partial charge in [0.25, 0.3) is 0 Å². The van der Waals surface area contributed by atoms with Gasteiger partial charge >= 0.3 is 12.1 Å². The summed E-state index contributed by atoms with van der Waals surface area (Å²) < 4.78 is 57.1. The van der Waals surface area contributed by atoms with Gasteiger partial charge in [0.1, 0.15) is 23.3 Å². The van der Waals surface area contributed by atoms with Crippen LogP contribution in [0.5, 0.6) is 0 Å². The summed E-state index contributed by atoms with van der Waals surface area (Å²) in [7, 11) is -3.19. The molecule has 0 aliphatic heterocycles. The molecule has 4 rings (SSSR count). The van der Waals surface area contributed by atoms with E-state index in [9.17, 15) is 26.9 Å². The van der Waals surface area contributed by atoms with Crippen LogP contribution in [0.25, 0.3) is 5.65 Å². The number of alkyl halides is 3. The summed E-state index contributed by atoms with van der Waals surface area (Å²) in [5.74, 6) is -1.52. The predicted octanol–water partition coefficient (Wildman–Crippen LogP) is 2.60. The largest absolute Gasteiger partial charge is 0.490 e. The fraction of sp³-hybridized carbons (Fsp3) is 0.364. The SMILES string of the molecule is CS(=O)(=O)Cc1cc(Nc2cc(NC3CC3)n3ncc(C#N)c3n2)ccc1CCN.O=C(O)C(F)(F)F. The van der Waals surface area contributed by atoms with Gasteiger partial charge in [-0.3, -0.25) is 0 Å². The number of sulfone groups is 1. The molecule has 198 valence electrons. The number of carbonyl (C=O) groups is 1. The van der Waals surface area contributed by atoms with Crippen molar-refractivity contribution in [3.8, 4) is 6.07 Å². The fourth-order valence-electron chi connectivity index (χ4n) is 3.31. The topological polar surface area (TPSA) is 175 Å². The lowest BCUT2D eigenvalue weighted by atomic mass is 10.0. The lowest BCUT2D eigenvalue weighted by molar-refractivity contribution is -0.192. The first-order valence-corrected chi connectivity index (χ1v) is 13.0. The summed E-state index contributed by atoms with van der Waals surface area (Å²) in [6.45, 7) is 0.441. The van der Waals surface area contributed by atoms with Gasteiger partial charge in [-0.2, -0.15) is 28.0 Å². The van der Waals surface area contributed by atoms with Crippen LogP contribution in [0.15, 0.2) is 30.5 Å². The van der Waals surface area contributed by atoms with Gasteiger partial charge in [-0.15, -0.1) is 0 Å². The number of nitriles is 1. The van der Waals surface area contributed by atoms with Gasteiger partial charge in [-0.1, -0.05) is 6.07 Å². The Kier molecular flexibility index (Phi) is 8.24. The number of benzene rings is 1. The highest BCUT2D eigenvalue weighted by Crippen LogP contribution is 2.28. The zero-order chi connectivity index (χ0) is 27.4. The number of aromatic nitrogens is 3. The number of anilines is 3. The number of nitrogens with zero attached hydrogens (tertiary/aromatic N) is 4. The quantitative estimate of drug-likeness (QED) is 0.333. The summed E-state index contributed by atoms with van der Waals surface area (Å²) >= 11 is 0. The van der Waals surface area contributed by atoms with E-state index in [4.69, 9.17) is 15.6 Å². The Morgan fingerprint density at radius 1 is 1.30 bits per heavy atom. The average molecular weight is 540 g/mol. The molecule has 0 saturated heterocycles. The Balaban J connectivity index is 0.000000479. The number of aliphatic carboxylic acids is 1. The summed E-state index contributed by atoms with van der Waals surface area (Å²) in [6, 6.07) is 9.92. The molecule has 1 aromatic carbocycles. The van der Waals surface area contributed by atoms with Crippen molar-refractivity contribution in [1.82, 2.24) is 14.6 Å². The first kappa shape index (κ1) is 27.7. The molecule has 0 amide bonds. The molecule has 3 aromatic rings. The van der Waals surface area contributed by atoms with E-state index in [1.165, 1.54) is 12.5 Å². The predicted molar refractivity (Wildman–Crippen MR) is 129 cm³/mol. The third-order valence-corrected chi connectivity index (χ3v) is 5.91. The molecule has 0 bridgehead atoms. The summed E-state index contributed by atoms with van der Waals surface area (Å²) in [4.78, 5) is 13.4. The van der Waals surface area contributed by atoms with E-state index in [2.05, 4.69) is 26.8 Å². The zero-order valence-electron chi connectivity index (χ0n) is 19.6. The number of fused-ring (bicyclic) bond motifs is 1. The minimum atomic E-state index is -5.08. The molecule has 37 heavy (non-hydrogen) atoms. The number of halogens is 3. The number of carboxylic acids is 1. The summed E-state index contributed by atoms with van der Waals surface area (Å²) in [6.07, 6.45) is 0.419. The normalized spacial score (nSPS) is 13.4. The van der Waals surface area contributed by atoms with Crippen molar-refractivity contribution < 1.29 is 31.5 Å². The highest BCUT2D eigenvalue weighted by atomic mass is 32.2. The molecule has 1 fully saturated rings. The fourth-order valence-corrected chi connectivity index (χ4v) is 4.15. The van der Waals surface area contributed by atoms with Crippen LogP contribution in [-0.2, 0) is 26.8 Å². The molecular weight excluding hydrogens is 515 g/mol. The number of nitrogens with two attached hydrogens (primary N) is 1. The molecule has 1 saturated carbocycles. The standard InChI is InChI=1S/C20H23N7O2S.C2HF3O2/c1-30(28,29)12-14-8-17(3-2-13(14)6-7-21)24-18-9-19(25-16-4-5-16)27-20(26-18)15(10-22)11-23-27;3-2(4,5)1(6)7/h2-3,8-9,11,16,25H,4-7,12,21H2,1H3,(H,24,26);(H,6,7). The van der Waals surface area contributed by atoms with E-state index < -0.39 is 22.0 Å². The number of carboxylic acid groups (broad SMARTS) is 1. The zero-order valence-corrected chi connectivity index (χ0v) is 20.4. The second-order valence-corrected chi connectivity index (χ2v) is 10.5. The average Bonchev–Trinajstić information content (AvgIpc) is 3.50. The molecule has 1 aliphatic carbocycles. The van der Waals surface area contributed by atoms with Crippen LogP contribution < -0.4 is 16.4 Å². The van der Waals surface area contributed by atoms with Gasteiger partial charge in [0.05, 0.1) is 11.9 Å². The maximum Gasteiger partial charge on any atom is 0.490 e. The third kappa shape index (κ3) is 7.79. The molecular formula is C22H24F3N7O4S. The van der Waals surface area contributed by atoms with E-state index in [-0.39, 0.29) is 5.75 Å². The van der Waals surface area contributed by atoms with Crippen LogP contribution in [0.4, 0.5) is 30.5 Å². The molecule has 0 atom stereocenters. The first-order chi connectivity index (χ1) is 17.3. The van der Waals surface area contributed by atoms with Crippen LogP contribution in [0.3, 0.4) is 0 Å². The van der Waals surface area contributed by atoms with E-state index in [0.29, 0.717) is 47.3 Å². The van der Waals surface area contributed by atoms with Crippen molar-refractivity contribution >= 4 is 38.8 Å². The van der Waals surface area contributed by atoms with Crippen molar-refractivity contribution in [1.29, 1.82) is 5.26 Å². The second kappa shape index (κ2) is 11.0. The third-order valence-electron chi connectivity index (χ3n) is 5.07. The lowest BCUT2D eigenvalue weighted by Gasteiger charge is -2.14. The van der Waals surface area contributed by atoms with Crippen molar-refractivity contribution in [2.75, 3.05) is 23.4 Å². The van der Waals surface area contributed by atoms with Gasteiger partial charge in [0.2, 0.25) is 0 Å². The Morgan fingerprint density at radius 3 is 2.51 bits per heavy atom. The Labute approximate surface area is 210 Å². The Bertz CT molecular complexity index is 1440. The highest BCUT2D eigenvalue weighted by Gasteiger charge is 2.38. The van der Waals surface area contributed by atoms with E-state index >= 15 is 0 Å². The van der Waals surface area contributed by atoms with E-state index in [0.717, 1.165) is 24.2 Å². The van der Waals surface area contributed by atoms with Gasteiger partial charge < -0.3 is 21.5 Å².